The Labute approximate surface area is 116 Å². The summed E-state index contributed by atoms with van der Waals surface area (Å²) in [5, 5.41) is 0. The van der Waals surface area contributed by atoms with Gasteiger partial charge in [-0.2, -0.15) is 0 Å². The topological polar surface area (TPSA) is 12.5 Å². The highest BCUT2D eigenvalue weighted by Crippen LogP contribution is 2.31. The Hall–Kier alpha value is -0.250. The zero-order valence-corrected chi connectivity index (χ0v) is 12.5. The number of benzene rings is 1. The molecule has 94 valence electrons. The lowest BCUT2D eigenvalue weighted by molar-refractivity contribution is -0.0277. The van der Waals surface area contributed by atoms with Crippen molar-refractivity contribution in [3.05, 3.63) is 28.2 Å². The van der Waals surface area contributed by atoms with Crippen molar-refractivity contribution in [1.82, 2.24) is 0 Å². The molecule has 0 atom stereocenters. The van der Waals surface area contributed by atoms with E-state index in [9.17, 15) is 0 Å². The van der Waals surface area contributed by atoms with Crippen molar-refractivity contribution in [2.24, 2.45) is 0 Å². The van der Waals surface area contributed by atoms with Gasteiger partial charge in [0, 0.05) is 23.4 Å². The number of halogens is 2. The molecule has 1 aromatic rings. The third-order valence-electron chi connectivity index (χ3n) is 2.93. The van der Waals surface area contributed by atoms with Gasteiger partial charge in [-0.05, 0) is 47.5 Å². The molecule has 1 heterocycles. The molecule has 0 unspecified atom stereocenters. The number of anilines is 1. The van der Waals surface area contributed by atoms with Crippen molar-refractivity contribution in [3.63, 3.8) is 0 Å². The minimum absolute atomic E-state index is 0.0805. The van der Waals surface area contributed by atoms with Gasteiger partial charge in [-0.1, -0.05) is 6.07 Å². The van der Waals surface area contributed by atoms with Crippen molar-refractivity contribution in [2.75, 3.05) is 24.6 Å². The van der Waals surface area contributed by atoms with Crippen molar-refractivity contribution in [1.29, 1.82) is 0 Å². The Morgan fingerprint density at radius 2 is 2.24 bits per heavy atom. The lowest BCUT2D eigenvalue weighted by atomic mass is 10.1. The highest BCUT2D eigenvalue weighted by Gasteiger charge is 2.28. The number of nitrogens with zero attached hydrogens (tertiary/aromatic N) is 1. The van der Waals surface area contributed by atoms with Gasteiger partial charge in [-0.15, -0.1) is 11.6 Å². The number of hydrogen-bond donors (Lipinski definition) is 0. The van der Waals surface area contributed by atoms with Crippen molar-refractivity contribution in [3.8, 4) is 0 Å². The molecule has 2 rings (SSSR count). The van der Waals surface area contributed by atoms with E-state index >= 15 is 0 Å². The van der Waals surface area contributed by atoms with Gasteiger partial charge >= 0.3 is 0 Å². The summed E-state index contributed by atoms with van der Waals surface area (Å²) in [6.45, 7) is 6.87. The molecule has 2 nitrogen and oxygen atoms in total. The molecular weight excluding hydrogens is 302 g/mol. The van der Waals surface area contributed by atoms with Gasteiger partial charge in [-0.25, -0.2) is 0 Å². The zero-order chi connectivity index (χ0) is 12.5. The van der Waals surface area contributed by atoms with Crippen molar-refractivity contribution < 1.29 is 4.74 Å². The van der Waals surface area contributed by atoms with Gasteiger partial charge in [0.2, 0.25) is 0 Å². The van der Waals surface area contributed by atoms with Crippen LogP contribution in [0.25, 0.3) is 0 Å². The highest BCUT2D eigenvalue weighted by atomic mass is 79.9. The molecule has 1 fully saturated rings. The summed E-state index contributed by atoms with van der Waals surface area (Å²) in [5.41, 5.74) is 2.27. The average Bonchev–Trinajstić information content (AvgIpc) is 2.27. The number of alkyl halides is 1. The molecule has 0 radical (unpaired) electrons. The van der Waals surface area contributed by atoms with E-state index in [0.29, 0.717) is 5.88 Å². The van der Waals surface area contributed by atoms with Gasteiger partial charge in [-0.3, -0.25) is 0 Å². The van der Waals surface area contributed by atoms with Crippen LogP contribution in [-0.2, 0) is 10.6 Å². The second-order valence-electron chi connectivity index (χ2n) is 4.95. The Bertz CT molecular complexity index is 408. The maximum Gasteiger partial charge on any atom is 0.0801 e. The first-order chi connectivity index (χ1) is 8.02. The van der Waals surface area contributed by atoms with Gasteiger partial charge in [0.05, 0.1) is 17.9 Å². The van der Waals surface area contributed by atoms with Crippen LogP contribution in [0.3, 0.4) is 0 Å². The van der Waals surface area contributed by atoms with Gasteiger partial charge in [0.25, 0.3) is 0 Å². The molecular formula is C13H17BrClNO. The molecule has 0 aliphatic carbocycles. The predicted molar refractivity (Wildman–Crippen MR) is 75.9 cm³/mol. The molecule has 0 bridgehead atoms. The molecule has 1 aromatic carbocycles. The Morgan fingerprint density at radius 3 is 2.82 bits per heavy atom. The summed E-state index contributed by atoms with van der Waals surface area (Å²) in [7, 11) is 0. The Balaban J connectivity index is 2.22. The second-order valence-corrected chi connectivity index (χ2v) is 6.07. The van der Waals surface area contributed by atoms with Crippen LogP contribution in [0.1, 0.15) is 19.4 Å². The predicted octanol–water partition coefficient (Wildman–Crippen LogP) is 3.80. The fourth-order valence-corrected chi connectivity index (χ4v) is 2.96. The number of morpholine rings is 1. The first-order valence-electron chi connectivity index (χ1n) is 5.75. The van der Waals surface area contributed by atoms with E-state index in [4.69, 9.17) is 16.3 Å². The van der Waals surface area contributed by atoms with E-state index in [2.05, 4.69) is 52.9 Å². The zero-order valence-electron chi connectivity index (χ0n) is 10.2. The summed E-state index contributed by atoms with van der Waals surface area (Å²) in [6.07, 6.45) is 0. The molecule has 0 spiro atoms. The molecule has 1 aliphatic heterocycles. The van der Waals surface area contributed by atoms with Crippen LogP contribution in [0.15, 0.2) is 22.7 Å². The van der Waals surface area contributed by atoms with E-state index in [1.165, 1.54) is 5.69 Å². The monoisotopic (exact) mass is 317 g/mol. The highest BCUT2D eigenvalue weighted by molar-refractivity contribution is 9.10. The summed E-state index contributed by atoms with van der Waals surface area (Å²) in [6, 6.07) is 6.30. The lowest BCUT2D eigenvalue weighted by Crippen LogP contribution is -2.48. The van der Waals surface area contributed by atoms with Crippen LogP contribution in [0.2, 0.25) is 0 Å². The molecule has 1 aliphatic rings. The van der Waals surface area contributed by atoms with Crippen molar-refractivity contribution in [2.45, 2.75) is 25.3 Å². The van der Waals surface area contributed by atoms with E-state index in [1.54, 1.807) is 0 Å². The molecule has 0 N–H and O–H groups in total. The summed E-state index contributed by atoms with van der Waals surface area (Å²) in [5.74, 6) is 0.549. The van der Waals surface area contributed by atoms with Crippen LogP contribution in [0.4, 0.5) is 5.69 Å². The molecule has 0 aromatic heterocycles. The van der Waals surface area contributed by atoms with Crippen LogP contribution in [0.5, 0.6) is 0 Å². The van der Waals surface area contributed by atoms with E-state index in [1.807, 2.05) is 0 Å². The largest absolute Gasteiger partial charge is 0.372 e. The summed E-state index contributed by atoms with van der Waals surface area (Å²) >= 11 is 9.45. The van der Waals surface area contributed by atoms with E-state index < -0.39 is 0 Å². The maximum atomic E-state index is 5.83. The lowest BCUT2D eigenvalue weighted by Gasteiger charge is -2.39. The Morgan fingerprint density at radius 1 is 1.47 bits per heavy atom. The van der Waals surface area contributed by atoms with Crippen LogP contribution < -0.4 is 4.90 Å². The molecule has 17 heavy (non-hydrogen) atoms. The third kappa shape index (κ3) is 3.15. The average molecular weight is 319 g/mol. The third-order valence-corrected chi connectivity index (χ3v) is 3.88. The van der Waals surface area contributed by atoms with E-state index in [0.717, 1.165) is 29.7 Å². The first kappa shape index (κ1) is 13.2. The minimum Gasteiger partial charge on any atom is -0.372 e. The summed E-state index contributed by atoms with van der Waals surface area (Å²) in [4.78, 5) is 2.35. The molecule has 0 saturated carbocycles. The van der Waals surface area contributed by atoms with Gasteiger partial charge < -0.3 is 9.64 Å². The molecule has 0 amide bonds. The normalized spacial score (nSPS) is 19.4. The fraction of sp³-hybridized carbons (Fsp3) is 0.538. The fourth-order valence-electron chi connectivity index (χ4n) is 2.11. The number of rotatable bonds is 2. The molecule has 1 saturated heterocycles. The van der Waals surface area contributed by atoms with Crippen molar-refractivity contribution >= 4 is 33.2 Å². The quantitative estimate of drug-likeness (QED) is 0.769. The molecule has 4 heteroatoms. The number of hydrogen-bond acceptors (Lipinski definition) is 2. The second kappa shape index (κ2) is 5.17. The maximum absolute atomic E-state index is 5.83. The van der Waals surface area contributed by atoms with Gasteiger partial charge in [0.1, 0.15) is 0 Å². The first-order valence-corrected chi connectivity index (χ1v) is 7.08. The summed E-state index contributed by atoms with van der Waals surface area (Å²) < 4.78 is 6.83. The standard InChI is InChI=1S/C13H17BrClNO/c1-13(2)9-16(5-6-17-13)12-4-3-10(8-15)7-11(12)14/h3-4,7H,5-6,8-9H2,1-2H3. The van der Waals surface area contributed by atoms with E-state index in [-0.39, 0.29) is 5.60 Å². The minimum atomic E-state index is -0.0805. The number of ether oxygens (including phenoxy) is 1. The van der Waals surface area contributed by atoms with Gasteiger partial charge in [0.15, 0.2) is 0 Å². The Kier molecular flexibility index (Phi) is 4.01. The van der Waals surface area contributed by atoms with Crippen LogP contribution in [0, 0.1) is 0 Å². The smallest absolute Gasteiger partial charge is 0.0801 e. The van der Waals surface area contributed by atoms with Crippen LogP contribution in [-0.4, -0.2) is 25.3 Å². The van der Waals surface area contributed by atoms with Crippen LogP contribution >= 0.6 is 27.5 Å². The SMILES string of the molecule is CC1(C)CN(c2ccc(CCl)cc2Br)CCO1.